The maximum atomic E-state index is 10.1. The Morgan fingerprint density at radius 1 is 1.12 bits per heavy atom. The predicted octanol–water partition coefficient (Wildman–Crippen LogP) is 3.48. The van der Waals surface area contributed by atoms with Crippen LogP contribution in [-0.4, -0.2) is 5.11 Å². The maximum Gasteiger partial charge on any atom is 0.0977 e. The quantitative estimate of drug-likeness (QED) is 0.715. The van der Waals surface area contributed by atoms with E-state index < -0.39 is 6.10 Å². The Balaban J connectivity index is 2.10. The molecule has 2 aliphatic rings. The summed E-state index contributed by atoms with van der Waals surface area (Å²) < 4.78 is 0. The lowest BCUT2D eigenvalue weighted by atomic mass is 9.87. The minimum Gasteiger partial charge on any atom is -0.384 e. The zero-order chi connectivity index (χ0) is 11.7. The molecule has 3 rings (SSSR count). The summed E-state index contributed by atoms with van der Waals surface area (Å²) in [5.41, 5.74) is 5.07. The van der Waals surface area contributed by atoms with Crippen molar-refractivity contribution in [3.8, 4) is 0 Å². The van der Waals surface area contributed by atoms with Gasteiger partial charge in [0, 0.05) is 0 Å². The van der Waals surface area contributed by atoms with E-state index in [-0.39, 0.29) is 0 Å². The van der Waals surface area contributed by atoms with E-state index in [0.717, 1.165) is 24.8 Å². The highest BCUT2D eigenvalue weighted by atomic mass is 16.3. The first-order chi connectivity index (χ1) is 8.34. The van der Waals surface area contributed by atoms with Gasteiger partial charge in [-0.25, -0.2) is 0 Å². The molecule has 0 aliphatic heterocycles. The summed E-state index contributed by atoms with van der Waals surface area (Å²) in [5.74, 6) is 0. The fourth-order valence-corrected chi connectivity index (χ4v) is 2.61. The lowest BCUT2D eigenvalue weighted by molar-refractivity contribution is 0.227. The SMILES string of the molecule is OC1C=CC2=C(CCC=C2)Cc2ccccc21. The van der Waals surface area contributed by atoms with Crippen molar-refractivity contribution in [2.75, 3.05) is 0 Å². The van der Waals surface area contributed by atoms with Crippen LogP contribution < -0.4 is 0 Å². The van der Waals surface area contributed by atoms with Gasteiger partial charge < -0.3 is 5.11 Å². The monoisotopic (exact) mass is 224 g/mol. The first kappa shape index (κ1) is 10.5. The number of fused-ring (bicyclic) bond motifs is 1. The van der Waals surface area contributed by atoms with Crippen LogP contribution in [0.4, 0.5) is 0 Å². The van der Waals surface area contributed by atoms with Gasteiger partial charge in [0.05, 0.1) is 6.10 Å². The molecule has 0 amide bonds. The molecule has 2 aliphatic carbocycles. The molecule has 0 bridgehead atoms. The van der Waals surface area contributed by atoms with Gasteiger partial charge in [-0.15, -0.1) is 0 Å². The molecule has 1 nitrogen and oxygen atoms in total. The van der Waals surface area contributed by atoms with Gasteiger partial charge in [-0.1, -0.05) is 54.1 Å². The van der Waals surface area contributed by atoms with E-state index in [1.54, 1.807) is 0 Å². The number of hydrogen-bond acceptors (Lipinski definition) is 1. The molecule has 0 saturated carbocycles. The van der Waals surface area contributed by atoms with Gasteiger partial charge in [0.15, 0.2) is 0 Å². The fourth-order valence-electron chi connectivity index (χ4n) is 2.61. The van der Waals surface area contributed by atoms with Crippen molar-refractivity contribution in [3.05, 3.63) is 70.8 Å². The molecule has 0 spiro atoms. The molecule has 1 aromatic carbocycles. The van der Waals surface area contributed by atoms with Crippen molar-refractivity contribution in [1.82, 2.24) is 0 Å². The molecule has 0 heterocycles. The second-order valence-corrected chi connectivity index (χ2v) is 4.68. The van der Waals surface area contributed by atoms with Crippen molar-refractivity contribution in [3.63, 3.8) is 0 Å². The topological polar surface area (TPSA) is 20.2 Å². The van der Waals surface area contributed by atoms with Crippen LogP contribution in [0.1, 0.15) is 30.1 Å². The smallest absolute Gasteiger partial charge is 0.0977 e. The number of aliphatic hydroxyl groups is 1. The Hall–Kier alpha value is -1.60. The lowest BCUT2D eigenvalue weighted by Gasteiger charge is -2.20. The van der Waals surface area contributed by atoms with Crippen molar-refractivity contribution in [2.24, 2.45) is 0 Å². The van der Waals surface area contributed by atoms with E-state index in [2.05, 4.69) is 30.4 Å². The van der Waals surface area contributed by atoms with Crippen molar-refractivity contribution in [2.45, 2.75) is 25.4 Å². The maximum absolute atomic E-state index is 10.1. The Bertz CT molecular complexity index is 520. The molecule has 1 heteroatoms. The second kappa shape index (κ2) is 4.34. The summed E-state index contributed by atoms with van der Waals surface area (Å²) in [6.07, 6.45) is 11.1. The Morgan fingerprint density at radius 3 is 2.94 bits per heavy atom. The molecule has 1 aromatic rings. The summed E-state index contributed by atoms with van der Waals surface area (Å²) in [6, 6.07) is 8.19. The first-order valence-electron chi connectivity index (χ1n) is 6.17. The third-order valence-corrected chi connectivity index (χ3v) is 3.55. The van der Waals surface area contributed by atoms with Gasteiger partial charge in [-0.2, -0.15) is 0 Å². The highest BCUT2D eigenvalue weighted by molar-refractivity contribution is 5.45. The molecule has 1 unspecified atom stereocenters. The minimum absolute atomic E-state index is 0.476. The summed E-state index contributed by atoms with van der Waals surface area (Å²) in [7, 11) is 0. The molecule has 1 N–H and O–H groups in total. The number of benzene rings is 1. The van der Waals surface area contributed by atoms with Gasteiger partial charge >= 0.3 is 0 Å². The highest BCUT2D eigenvalue weighted by Gasteiger charge is 2.15. The first-order valence-corrected chi connectivity index (χ1v) is 6.17. The van der Waals surface area contributed by atoms with Gasteiger partial charge in [-0.3, -0.25) is 0 Å². The number of rotatable bonds is 0. The van der Waals surface area contributed by atoms with Gasteiger partial charge in [0.2, 0.25) is 0 Å². The minimum atomic E-state index is -0.476. The number of aliphatic hydroxyl groups excluding tert-OH is 1. The highest BCUT2D eigenvalue weighted by Crippen LogP contribution is 2.30. The van der Waals surface area contributed by atoms with E-state index in [4.69, 9.17) is 0 Å². The Morgan fingerprint density at radius 2 is 2.00 bits per heavy atom. The normalized spacial score (nSPS) is 22.8. The Kier molecular flexibility index (Phi) is 2.69. The van der Waals surface area contributed by atoms with Crippen LogP contribution in [0.25, 0.3) is 0 Å². The van der Waals surface area contributed by atoms with Gasteiger partial charge in [-0.05, 0) is 36.0 Å². The zero-order valence-electron chi connectivity index (χ0n) is 9.76. The molecular formula is C16H16O. The Labute approximate surface area is 102 Å². The van der Waals surface area contributed by atoms with Crippen LogP contribution >= 0.6 is 0 Å². The molecular weight excluding hydrogens is 208 g/mol. The average Bonchev–Trinajstić information content (AvgIpc) is 2.36. The summed E-state index contributed by atoms with van der Waals surface area (Å²) in [4.78, 5) is 0. The average molecular weight is 224 g/mol. The summed E-state index contributed by atoms with van der Waals surface area (Å²) >= 11 is 0. The van der Waals surface area contributed by atoms with Crippen molar-refractivity contribution in [1.29, 1.82) is 0 Å². The van der Waals surface area contributed by atoms with Crippen LogP contribution in [0.15, 0.2) is 59.7 Å². The van der Waals surface area contributed by atoms with Crippen LogP contribution in [0, 0.1) is 0 Å². The number of hydrogen-bond donors (Lipinski definition) is 1. The van der Waals surface area contributed by atoms with E-state index in [1.807, 2.05) is 18.2 Å². The lowest BCUT2D eigenvalue weighted by Crippen LogP contribution is -2.06. The fraction of sp³-hybridized carbons (Fsp3) is 0.250. The van der Waals surface area contributed by atoms with Crippen LogP contribution in [0.2, 0.25) is 0 Å². The molecule has 17 heavy (non-hydrogen) atoms. The third-order valence-electron chi connectivity index (χ3n) is 3.55. The standard InChI is InChI=1S/C16H16O/c17-16-10-9-12-5-1-2-6-13(12)11-14-7-3-4-8-15(14)16/h1,3-5,7-10,16-17H,2,6,11H2. The number of allylic oxidation sites excluding steroid dienone is 5. The van der Waals surface area contributed by atoms with Crippen molar-refractivity contribution < 1.29 is 5.11 Å². The van der Waals surface area contributed by atoms with E-state index in [1.165, 1.54) is 16.7 Å². The van der Waals surface area contributed by atoms with Gasteiger partial charge in [0.1, 0.15) is 0 Å². The predicted molar refractivity (Wildman–Crippen MR) is 69.6 cm³/mol. The largest absolute Gasteiger partial charge is 0.384 e. The molecule has 86 valence electrons. The van der Waals surface area contributed by atoms with Crippen LogP contribution in [-0.2, 0) is 6.42 Å². The zero-order valence-corrected chi connectivity index (χ0v) is 9.76. The molecule has 0 radical (unpaired) electrons. The van der Waals surface area contributed by atoms with Crippen molar-refractivity contribution >= 4 is 0 Å². The summed E-state index contributed by atoms with van der Waals surface area (Å²) in [5, 5.41) is 10.1. The van der Waals surface area contributed by atoms with Crippen LogP contribution in [0.5, 0.6) is 0 Å². The third kappa shape index (κ3) is 1.98. The van der Waals surface area contributed by atoms with E-state index >= 15 is 0 Å². The summed E-state index contributed by atoms with van der Waals surface area (Å²) in [6.45, 7) is 0. The van der Waals surface area contributed by atoms with Crippen LogP contribution in [0.3, 0.4) is 0 Å². The molecule has 1 atom stereocenters. The molecule has 0 fully saturated rings. The van der Waals surface area contributed by atoms with E-state index in [9.17, 15) is 5.11 Å². The second-order valence-electron chi connectivity index (χ2n) is 4.68. The van der Waals surface area contributed by atoms with E-state index in [0.29, 0.717) is 0 Å². The molecule has 0 saturated heterocycles. The van der Waals surface area contributed by atoms with Gasteiger partial charge in [0.25, 0.3) is 0 Å². The molecule has 0 aromatic heterocycles.